The Balaban J connectivity index is 2.05. The van der Waals surface area contributed by atoms with Crippen LogP contribution >= 0.6 is 11.3 Å². The third-order valence-electron chi connectivity index (χ3n) is 1.92. The van der Waals surface area contributed by atoms with Crippen LogP contribution in [0.3, 0.4) is 0 Å². The minimum Gasteiger partial charge on any atom is -0.486 e. The number of ether oxygens (including phenoxy) is 1. The molecule has 0 fully saturated rings. The predicted molar refractivity (Wildman–Crippen MR) is 59.5 cm³/mol. The highest BCUT2D eigenvalue weighted by atomic mass is 32.1. The van der Waals surface area contributed by atoms with Crippen molar-refractivity contribution in [2.75, 3.05) is 5.73 Å². The van der Waals surface area contributed by atoms with Crippen LogP contribution in [0, 0.1) is 5.82 Å². The van der Waals surface area contributed by atoms with E-state index < -0.39 is 0 Å². The molecule has 1 aromatic carbocycles. The maximum atomic E-state index is 12.7. The van der Waals surface area contributed by atoms with Crippen molar-refractivity contribution in [3.63, 3.8) is 0 Å². The fourth-order valence-electron chi connectivity index (χ4n) is 1.19. The molecule has 2 rings (SSSR count). The summed E-state index contributed by atoms with van der Waals surface area (Å²) in [6, 6.07) is 8.06. The number of anilines is 1. The zero-order valence-corrected chi connectivity index (χ0v) is 8.76. The van der Waals surface area contributed by atoms with Gasteiger partial charge in [-0.2, -0.15) is 0 Å². The second-order valence-electron chi connectivity index (χ2n) is 3.05. The second kappa shape index (κ2) is 4.31. The summed E-state index contributed by atoms with van der Waals surface area (Å²) in [7, 11) is 0. The summed E-state index contributed by atoms with van der Waals surface area (Å²) in [4.78, 5) is 1.11. The van der Waals surface area contributed by atoms with Crippen LogP contribution in [-0.4, -0.2) is 0 Å². The fourth-order valence-corrected chi connectivity index (χ4v) is 1.81. The van der Waals surface area contributed by atoms with Crippen LogP contribution in [0.15, 0.2) is 35.7 Å². The van der Waals surface area contributed by atoms with E-state index in [4.69, 9.17) is 10.5 Å². The number of benzene rings is 1. The van der Waals surface area contributed by atoms with E-state index in [2.05, 4.69) is 0 Å². The van der Waals surface area contributed by atoms with Gasteiger partial charge in [-0.15, -0.1) is 11.3 Å². The third kappa shape index (κ3) is 2.47. The van der Waals surface area contributed by atoms with E-state index in [1.165, 1.54) is 18.2 Å². The molecule has 1 heterocycles. The smallest absolute Gasteiger partial charge is 0.142 e. The molecular weight excluding hydrogens is 213 g/mol. The molecule has 4 heteroatoms. The van der Waals surface area contributed by atoms with E-state index in [1.807, 2.05) is 17.5 Å². The maximum absolute atomic E-state index is 12.7. The first-order valence-corrected chi connectivity index (χ1v) is 5.34. The average Bonchev–Trinajstić information content (AvgIpc) is 2.69. The summed E-state index contributed by atoms with van der Waals surface area (Å²) >= 11 is 1.61. The topological polar surface area (TPSA) is 35.2 Å². The SMILES string of the molecule is Nc1cc(F)ccc1OCc1cccs1. The van der Waals surface area contributed by atoms with Crippen LogP contribution in [0.5, 0.6) is 5.75 Å². The fraction of sp³-hybridized carbons (Fsp3) is 0.0909. The molecule has 0 aliphatic heterocycles. The van der Waals surface area contributed by atoms with E-state index in [0.29, 0.717) is 18.0 Å². The highest BCUT2D eigenvalue weighted by Gasteiger charge is 2.02. The Morgan fingerprint density at radius 1 is 1.33 bits per heavy atom. The van der Waals surface area contributed by atoms with E-state index in [1.54, 1.807) is 11.3 Å². The van der Waals surface area contributed by atoms with Crippen molar-refractivity contribution in [2.45, 2.75) is 6.61 Å². The van der Waals surface area contributed by atoms with Crippen molar-refractivity contribution in [3.05, 3.63) is 46.4 Å². The molecule has 0 atom stereocenters. The maximum Gasteiger partial charge on any atom is 0.142 e. The molecule has 1 aromatic heterocycles. The molecule has 0 amide bonds. The molecule has 0 bridgehead atoms. The molecule has 15 heavy (non-hydrogen) atoms. The standard InChI is InChI=1S/C11H10FNOS/c12-8-3-4-11(10(13)6-8)14-7-9-2-1-5-15-9/h1-6H,7,13H2. The van der Waals surface area contributed by atoms with Crippen LogP contribution in [0.25, 0.3) is 0 Å². The number of hydrogen-bond acceptors (Lipinski definition) is 3. The Labute approximate surface area is 91.1 Å². The zero-order chi connectivity index (χ0) is 10.7. The van der Waals surface area contributed by atoms with Crippen molar-refractivity contribution in [2.24, 2.45) is 0 Å². The number of hydrogen-bond donors (Lipinski definition) is 1. The molecule has 0 aliphatic carbocycles. The van der Waals surface area contributed by atoms with Crippen LogP contribution in [0.4, 0.5) is 10.1 Å². The van der Waals surface area contributed by atoms with Gasteiger partial charge in [0, 0.05) is 10.9 Å². The Hall–Kier alpha value is -1.55. The van der Waals surface area contributed by atoms with Crippen molar-refractivity contribution in [3.8, 4) is 5.75 Å². The second-order valence-corrected chi connectivity index (χ2v) is 4.08. The van der Waals surface area contributed by atoms with Gasteiger partial charge in [-0.05, 0) is 23.6 Å². The van der Waals surface area contributed by atoms with Crippen molar-refractivity contribution < 1.29 is 9.13 Å². The predicted octanol–water partition coefficient (Wildman–Crippen LogP) is 3.05. The van der Waals surface area contributed by atoms with E-state index in [-0.39, 0.29) is 5.82 Å². The Morgan fingerprint density at radius 3 is 2.87 bits per heavy atom. The van der Waals surface area contributed by atoms with E-state index in [9.17, 15) is 4.39 Å². The van der Waals surface area contributed by atoms with Gasteiger partial charge in [0.05, 0.1) is 5.69 Å². The molecule has 0 spiro atoms. The third-order valence-corrected chi connectivity index (χ3v) is 2.77. The number of nitrogens with two attached hydrogens (primary N) is 1. The first-order chi connectivity index (χ1) is 7.25. The molecular formula is C11H10FNOS. The monoisotopic (exact) mass is 223 g/mol. The van der Waals surface area contributed by atoms with Crippen molar-refractivity contribution in [1.29, 1.82) is 0 Å². The minimum atomic E-state index is -0.351. The lowest BCUT2D eigenvalue weighted by Crippen LogP contribution is -1.97. The zero-order valence-electron chi connectivity index (χ0n) is 7.94. The molecule has 0 unspecified atom stereocenters. The summed E-state index contributed by atoms with van der Waals surface area (Å²) in [6.45, 7) is 0.466. The summed E-state index contributed by atoms with van der Waals surface area (Å²) in [5, 5.41) is 1.98. The Kier molecular flexibility index (Phi) is 2.87. The highest BCUT2D eigenvalue weighted by molar-refractivity contribution is 7.09. The Bertz CT molecular complexity index is 442. The van der Waals surface area contributed by atoms with E-state index >= 15 is 0 Å². The van der Waals surface area contributed by atoms with Gasteiger partial charge >= 0.3 is 0 Å². The molecule has 78 valence electrons. The summed E-state index contributed by atoms with van der Waals surface area (Å²) < 4.78 is 18.2. The molecule has 2 N–H and O–H groups in total. The van der Waals surface area contributed by atoms with E-state index in [0.717, 1.165) is 4.88 Å². The van der Waals surface area contributed by atoms with Crippen LogP contribution in [-0.2, 0) is 6.61 Å². The lowest BCUT2D eigenvalue weighted by molar-refractivity contribution is 0.311. The van der Waals surface area contributed by atoms with Crippen LogP contribution in [0.2, 0.25) is 0 Å². The summed E-state index contributed by atoms with van der Waals surface area (Å²) in [5.74, 6) is 0.167. The first kappa shape index (κ1) is 9.98. The van der Waals surface area contributed by atoms with Crippen molar-refractivity contribution in [1.82, 2.24) is 0 Å². The minimum absolute atomic E-state index is 0.326. The number of thiophene rings is 1. The summed E-state index contributed by atoms with van der Waals surface area (Å²) in [6.07, 6.45) is 0. The molecule has 0 saturated carbocycles. The molecule has 0 saturated heterocycles. The molecule has 2 aromatic rings. The lowest BCUT2D eigenvalue weighted by Gasteiger charge is -2.07. The Morgan fingerprint density at radius 2 is 2.20 bits per heavy atom. The van der Waals surface area contributed by atoms with Gasteiger partial charge in [-0.25, -0.2) is 4.39 Å². The van der Waals surface area contributed by atoms with Gasteiger partial charge in [0.15, 0.2) is 0 Å². The molecule has 0 aliphatic rings. The largest absolute Gasteiger partial charge is 0.486 e. The number of halogens is 1. The number of rotatable bonds is 3. The van der Waals surface area contributed by atoms with Gasteiger partial charge in [0.1, 0.15) is 18.2 Å². The van der Waals surface area contributed by atoms with Gasteiger partial charge in [-0.1, -0.05) is 6.07 Å². The van der Waals surface area contributed by atoms with Gasteiger partial charge in [0.2, 0.25) is 0 Å². The average molecular weight is 223 g/mol. The summed E-state index contributed by atoms with van der Waals surface area (Å²) in [5.41, 5.74) is 5.92. The first-order valence-electron chi connectivity index (χ1n) is 4.46. The van der Waals surface area contributed by atoms with Crippen LogP contribution in [0.1, 0.15) is 4.88 Å². The van der Waals surface area contributed by atoms with Gasteiger partial charge in [-0.3, -0.25) is 0 Å². The van der Waals surface area contributed by atoms with Gasteiger partial charge in [0.25, 0.3) is 0 Å². The van der Waals surface area contributed by atoms with Gasteiger partial charge < -0.3 is 10.5 Å². The normalized spacial score (nSPS) is 10.2. The quantitative estimate of drug-likeness (QED) is 0.812. The number of nitrogen functional groups attached to an aromatic ring is 1. The molecule has 2 nitrogen and oxygen atoms in total. The molecule has 0 radical (unpaired) electrons. The van der Waals surface area contributed by atoms with Crippen molar-refractivity contribution >= 4 is 17.0 Å². The van der Waals surface area contributed by atoms with Crippen LogP contribution < -0.4 is 10.5 Å². The highest BCUT2D eigenvalue weighted by Crippen LogP contribution is 2.23. The lowest BCUT2D eigenvalue weighted by atomic mass is 10.3.